The van der Waals surface area contributed by atoms with Crippen LogP contribution >= 0.6 is 0 Å². The molecule has 4 rings (SSSR count). The van der Waals surface area contributed by atoms with Gasteiger partial charge in [0, 0.05) is 12.0 Å². The lowest BCUT2D eigenvalue weighted by molar-refractivity contribution is 0.0955. The Kier molecular flexibility index (Phi) is 6.12. The van der Waals surface area contributed by atoms with Crippen molar-refractivity contribution in [3.05, 3.63) is 77.1 Å². The van der Waals surface area contributed by atoms with Crippen molar-refractivity contribution in [2.24, 2.45) is 5.10 Å². The van der Waals surface area contributed by atoms with Gasteiger partial charge in [0.1, 0.15) is 5.82 Å². The van der Waals surface area contributed by atoms with Crippen molar-refractivity contribution in [3.8, 4) is 23.0 Å². The first kappa shape index (κ1) is 21.7. The molecule has 0 atom stereocenters. The molecule has 1 aromatic heterocycles. The number of nitrogens with one attached hydrogen (secondary N) is 2. The monoisotopic (exact) mass is 446 g/mol. The molecule has 0 radical (unpaired) electrons. The molecule has 9 heteroatoms. The van der Waals surface area contributed by atoms with Crippen molar-refractivity contribution in [2.75, 3.05) is 14.2 Å². The van der Waals surface area contributed by atoms with Gasteiger partial charge in [0.05, 0.1) is 31.5 Å². The second-order valence-corrected chi connectivity index (χ2v) is 7.23. The van der Waals surface area contributed by atoms with Crippen molar-refractivity contribution in [3.63, 3.8) is 0 Å². The molecule has 4 aromatic rings. The van der Waals surface area contributed by atoms with Crippen LogP contribution in [0.1, 0.15) is 27.3 Å². The number of rotatable bonds is 7. The molecule has 0 fully saturated rings. The Balaban J connectivity index is 1.46. The third-order valence-electron chi connectivity index (χ3n) is 4.99. The molecule has 0 saturated heterocycles. The average molecular weight is 446 g/mol. The summed E-state index contributed by atoms with van der Waals surface area (Å²) in [6, 6.07) is 15.1. The third kappa shape index (κ3) is 4.87. The van der Waals surface area contributed by atoms with E-state index >= 15 is 0 Å². The van der Waals surface area contributed by atoms with Gasteiger partial charge in [-0.25, -0.2) is 10.4 Å². The molecule has 1 heterocycles. The van der Waals surface area contributed by atoms with Crippen LogP contribution in [0.2, 0.25) is 0 Å². The highest BCUT2D eigenvalue weighted by Crippen LogP contribution is 2.28. The number of amides is 1. The fourth-order valence-corrected chi connectivity index (χ4v) is 3.32. The van der Waals surface area contributed by atoms with Crippen LogP contribution in [0.25, 0.3) is 11.0 Å². The summed E-state index contributed by atoms with van der Waals surface area (Å²) in [5, 5.41) is 22.7. The Morgan fingerprint density at radius 1 is 1.03 bits per heavy atom. The molecule has 0 aliphatic rings. The maximum absolute atomic E-state index is 12.5. The zero-order chi connectivity index (χ0) is 23.4. The second kappa shape index (κ2) is 9.31. The van der Waals surface area contributed by atoms with Crippen LogP contribution in [-0.4, -0.2) is 46.5 Å². The van der Waals surface area contributed by atoms with Gasteiger partial charge in [0.25, 0.3) is 5.91 Å². The van der Waals surface area contributed by atoms with Crippen LogP contribution in [0.5, 0.6) is 23.0 Å². The summed E-state index contributed by atoms with van der Waals surface area (Å²) in [7, 11) is 3.18. The Bertz CT molecular complexity index is 1350. The molecule has 1 amide bonds. The minimum atomic E-state index is -0.396. The van der Waals surface area contributed by atoms with E-state index in [0.29, 0.717) is 29.0 Å². The Labute approximate surface area is 189 Å². The number of phenolic OH excluding ortho intramolecular Hbond substituents is 2. The van der Waals surface area contributed by atoms with Crippen molar-refractivity contribution >= 4 is 23.2 Å². The molecule has 0 spiro atoms. The molecule has 33 heavy (non-hydrogen) atoms. The molecule has 168 valence electrons. The number of ether oxygens (including phenoxy) is 2. The Hall–Kier alpha value is -4.53. The third-order valence-corrected chi connectivity index (χ3v) is 4.99. The molecule has 0 unspecified atom stereocenters. The molecule has 0 saturated carbocycles. The van der Waals surface area contributed by atoms with Crippen molar-refractivity contribution in [2.45, 2.75) is 6.42 Å². The Morgan fingerprint density at radius 2 is 1.85 bits per heavy atom. The summed E-state index contributed by atoms with van der Waals surface area (Å²) < 4.78 is 10.6. The van der Waals surface area contributed by atoms with Gasteiger partial charge >= 0.3 is 0 Å². The van der Waals surface area contributed by atoms with E-state index in [4.69, 9.17) is 9.47 Å². The van der Waals surface area contributed by atoms with Gasteiger partial charge < -0.3 is 24.7 Å². The van der Waals surface area contributed by atoms with E-state index in [-0.39, 0.29) is 11.5 Å². The van der Waals surface area contributed by atoms with E-state index in [9.17, 15) is 15.0 Å². The van der Waals surface area contributed by atoms with E-state index in [1.54, 1.807) is 38.5 Å². The normalized spacial score (nSPS) is 11.1. The van der Waals surface area contributed by atoms with Crippen molar-refractivity contribution in [1.29, 1.82) is 0 Å². The van der Waals surface area contributed by atoms with E-state index < -0.39 is 5.91 Å². The fourth-order valence-electron chi connectivity index (χ4n) is 3.32. The summed E-state index contributed by atoms with van der Waals surface area (Å²) in [6.45, 7) is 0. The van der Waals surface area contributed by atoms with Gasteiger partial charge in [-0.3, -0.25) is 4.79 Å². The molecule has 0 aliphatic heterocycles. The van der Waals surface area contributed by atoms with Gasteiger partial charge in [-0.2, -0.15) is 5.10 Å². The topological polar surface area (TPSA) is 129 Å². The van der Waals surface area contributed by atoms with Crippen LogP contribution in [0.15, 0.2) is 59.7 Å². The van der Waals surface area contributed by atoms with E-state index in [1.807, 2.05) is 18.2 Å². The number of imidazole rings is 1. The summed E-state index contributed by atoms with van der Waals surface area (Å²) in [6.07, 6.45) is 1.92. The SMILES string of the molecule is COc1ccc(Cc2nc3ccc(C(=O)N/N=C\c4ccc(O)c(O)c4)cc3[nH]2)cc1OC. The smallest absolute Gasteiger partial charge is 0.271 e. The first-order chi connectivity index (χ1) is 16.0. The molecule has 0 aliphatic carbocycles. The van der Waals surface area contributed by atoms with Gasteiger partial charge in [0.15, 0.2) is 23.0 Å². The summed E-state index contributed by atoms with van der Waals surface area (Å²) in [4.78, 5) is 20.3. The van der Waals surface area contributed by atoms with Gasteiger partial charge in [0.2, 0.25) is 0 Å². The second-order valence-electron chi connectivity index (χ2n) is 7.23. The fraction of sp³-hybridized carbons (Fsp3) is 0.125. The average Bonchev–Trinajstić information content (AvgIpc) is 3.22. The van der Waals surface area contributed by atoms with Crippen LogP contribution in [0, 0.1) is 0 Å². The zero-order valence-electron chi connectivity index (χ0n) is 18.0. The number of H-pyrrole nitrogens is 1. The number of aromatic hydroxyl groups is 2. The molecular formula is C24H22N4O5. The van der Waals surface area contributed by atoms with Crippen LogP contribution < -0.4 is 14.9 Å². The standard InChI is InChI=1S/C24H22N4O5/c1-32-21-8-4-14(10-22(21)33-2)11-23-26-17-6-5-16(12-18(17)27-23)24(31)28-25-13-15-3-7-19(29)20(30)9-15/h3-10,12-13,29-30H,11H2,1-2H3,(H,26,27)(H,28,31)/b25-13-. The number of methoxy groups -OCH3 is 2. The van der Waals surface area contributed by atoms with Crippen molar-refractivity contribution < 1.29 is 24.5 Å². The number of aromatic nitrogens is 2. The zero-order valence-corrected chi connectivity index (χ0v) is 18.0. The lowest BCUT2D eigenvalue weighted by Crippen LogP contribution is -2.17. The number of hydrazone groups is 1. The first-order valence-corrected chi connectivity index (χ1v) is 10.0. The number of carbonyl (C=O) groups is 1. The molecule has 3 aromatic carbocycles. The van der Waals surface area contributed by atoms with Crippen LogP contribution in [-0.2, 0) is 6.42 Å². The quantitative estimate of drug-likeness (QED) is 0.196. The number of nitrogens with zero attached hydrogens (tertiary/aromatic N) is 2. The summed E-state index contributed by atoms with van der Waals surface area (Å²) in [5.41, 5.74) is 5.84. The van der Waals surface area contributed by atoms with Crippen LogP contribution in [0.4, 0.5) is 0 Å². The molecule has 4 N–H and O–H groups in total. The molecular weight excluding hydrogens is 424 g/mol. The van der Waals surface area contributed by atoms with E-state index in [2.05, 4.69) is 20.5 Å². The Morgan fingerprint density at radius 3 is 2.61 bits per heavy atom. The van der Waals surface area contributed by atoms with Gasteiger partial charge in [-0.15, -0.1) is 0 Å². The lowest BCUT2D eigenvalue weighted by Gasteiger charge is -2.08. The summed E-state index contributed by atoms with van der Waals surface area (Å²) in [5.74, 6) is 1.17. The number of hydrogen-bond acceptors (Lipinski definition) is 7. The minimum Gasteiger partial charge on any atom is -0.504 e. The van der Waals surface area contributed by atoms with Crippen LogP contribution in [0.3, 0.4) is 0 Å². The van der Waals surface area contributed by atoms with Gasteiger partial charge in [-0.05, 0) is 59.7 Å². The number of benzene rings is 3. The highest BCUT2D eigenvalue weighted by Gasteiger charge is 2.11. The molecule has 9 nitrogen and oxygen atoms in total. The number of carbonyl (C=O) groups excluding carboxylic acids is 1. The first-order valence-electron chi connectivity index (χ1n) is 10.0. The number of phenols is 2. The lowest BCUT2D eigenvalue weighted by atomic mass is 10.1. The largest absolute Gasteiger partial charge is 0.504 e. The highest BCUT2D eigenvalue weighted by atomic mass is 16.5. The van der Waals surface area contributed by atoms with Crippen molar-refractivity contribution in [1.82, 2.24) is 15.4 Å². The number of aromatic amines is 1. The van der Waals surface area contributed by atoms with Gasteiger partial charge in [-0.1, -0.05) is 6.07 Å². The highest BCUT2D eigenvalue weighted by molar-refractivity contribution is 5.97. The predicted octanol–water partition coefficient (Wildman–Crippen LogP) is 3.35. The van der Waals surface area contributed by atoms with E-state index in [1.165, 1.54) is 18.3 Å². The van der Waals surface area contributed by atoms with E-state index in [0.717, 1.165) is 22.4 Å². The minimum absolute atomic E-state index is 0.227. The number of fused-ring (bicyclic) bond motifs is 1. The summed E-state index contributed by atoms with van der Waals surface area (Å²) >= 11 is 0. The maximum Gasteiger partial charge on any atom is 0.271 e. The number of hydrogen-bond donors (Lipinski definition) is 4. The predicted molar refractivity (Wildman–Crippen MR) is 123 cm³/mol. The molecule has 0 bridgehead atoms. The maximum atomic E-state index is 12.5.